The quantitative estimate of drug-likeness (QED) is 0.887. The summed E-state index contributed by atoms with van der Waals surface area (Å²) in [6.07, 6.45) is 0.267. The van der Waals surface area contributed by atoms with Gasteiger partial charge in [-0.15, -0.1) is 0 Å². The third kappa shape index (κ3) is 3.58. The Hall–Kier alpha value is -2.50. The fourth-order valence-electron chi connectivity index (χ4n) is 2.18. The lowest BCUT2D eigenvalue weighted by Gasteiger charge is -2.09. The monoisotopic (exact) mass is 303 g/mol. The van der Waals surface area contributed by atoms with E-state index < -0.39 is 6.09 Å². The summed E-state index contributed by atoms with van der Waals surface area (Å²) in [6.45, 7) is 4.21. The van der Waals surface area contributed by atoms with Crippen LogP contribution in [0.4, 0.5) is 10.5 Å². The largest absolute Gasteiger partial charge is 0.497 e. The first-order valence-electron chi connectivity index (χ1n) is 7.11. The molecule has 0 bridgehead atoms. The van der Waals surface area contributed by atoms with E-state index in [0.29, 0.717) is 17.3 Å². The first-order chi connectivity index (χ1) is 10.5. The number of carbonyl (C=O) groups is 1. The van der Waals surface area contributed by atoms with Gasteiger partial charge in [0, 0.05) is 5.56 Å². The van der Waals surface area contributed by atoms with Gasteiger partial charge in [0.1, 0.15) is 11.4 Å². The van der Waals surface area contributed by atoms with E-state index in [9.17, 15) is 4.79 Å². The van der Waals surface area contributed by atoms with E-state index >= 15 is 0 Å². The Morgan fingerprint density at radius 3 is 2.50 bits per heavy atom. The Kier molecular flexibility index (Phi) is 5.04. The van der Waals surface area contributed by atoms with Crippen molar-refractivity contribution in [1.29, 1.82) is 0 Å². The number of nitrogens with zero attached hydrogens (tertiary/aromatic N) is 1. The normalized spacial score (nSPS) is 10.6. The summed E-state index contributed by atoms with van der Waals surface area (Å²) in [4.78, 5) is 11.6. The maximum atomic E-state index is 11.6. The number of carbonyl (C=O) groups excluding carboxylic acids is 1. The Balaban J connectivity index is 2.40. The molecule has 0 aliphatic rings. The van der Waals surface area contributed by atoms with Gasteiger partial charge in [0.2, 0.25) is 0 Å². The van der Waals surface area contributed by atoms with Crippen molar-refractivity contribution < 1.29 is 14.3 Å². The van der Waals surface area contributed by atoms with Crippen LogP contribution in [0, 0.1) is 5.92 Å². The van der Waals surface area contributed by atoms with E-state index in [1.54, 1.807) is 7.11 Å². The summed E-state index contributed by atoms with van der Waals surface area (Å²) in [5.41, 5.74) is 3.11. The molecule has 6 nitrogen and oxygen atoms in total. The van der Waals surface area contributed by atoms with Crippen LogP contribution < -0.4 is 10.1 Å². The van der Waals surface area contributed by atoms with Gasteiger partial charge in [-0.3, -0.25) is 10.4 Å². The topological polar surface area (TPSA) is 76.2 Å². The zero-order valence-electron chi connectivity index (χ0n) is 13.3. The summed E-state index contributed by atoms with van der Waals surface area (Å²) in [5, 5.41) is 10.1. The maximum Gasteiger partial charge on any atom is 0.411 e. The number of aromatic amines is 1. The SMILES string of the molecule is COC(=O)Nc1c(-c2ccc(OC)cc2)n[nH]c1CC(C)C. The number of amides is 1. The average molecular weight is 303 g/mol. The molecule has 1 aromatic carbocycles. The predicted octanol–water partition coefficient (Wildman–Crippen LogP) is 3.46. The summed E-state index contributed by atoms with van der Waals surface area (Å²) >= 11 is 0. The molecule has 6 heteroatoms. The molecule has 2 N–H and O–H groups in total. The molecule has 0 spiro atoms. The van der Waals surface area contributed by atoms with Gasteiger partial charge in [-0.25, -0.2) is 4.79 Å². The highest BCUT2D eigenvalue weighted by atomic mass is 16.5. The fraction of sp³-hybridized carbons (Fsp3) is 0.375. The van der Waals surface area contributed by atoms with Crippen LogP contribution in [-0.2, 0) is 11.2 Å². The number of aromatic nitrogens is 2. The van der Waals surface area contributed by atoms with Crippen LogP contribution in [0.3, 0.4) is 0 Å². The van der Waals surface area contributed by atoms with Gasteiger partial charge in [-0.1, -0.05) is 13.8 Å². The Morgan fingerprint density at radius 2 is 1.95 bits per heavy atom. The molecule has 0 atom stereocenters. The Labute approximate surface area is 129 Å². The Morgan fingerprint density at radius 1 is 1.27 bits per heavy atom. The lowest BCUT2D eigenvalue weighted by molar-refractivity contribution is 0.187. The second kappa shape index (κ2) is 6.98. The van der Waals surface area contributed by atoms with Crippen LogP contribution in [0.25, 0.3) is 11.3 Å². The number of H-pyrrole nitrogens is 1. The Bertz CT molecular complexity index is 633. The number of ether oxygens (including phenoxy) is 2. The van der Waals surface area contributed by atoms with Crippen molar-refractivity contribution in [3.05, 3.63) is 30.0 Å². The molecule has 1 heterocycles. The van der Waals surface area contributed by atoms with E-state index in [1.807, 2.05) is 24.3 Å². The van der Waals surface area contributed by atoms with Gasteiger partial charge >= 0.3 is 6.09 Å². The fourth-order valence-corrected chi connectivity index (χ4v) is 2.18. The summed E-state index contributed by atoms with van der Waals surface area (Å²) in [5.74, 6) is 1.20. The molecule has 118 valence electrons. The third-order valence-corrected chi connectivity index (χ3v) is 3.23. The van der Waals surface area contributed by atoms with Crippen molar-refractivity contribution in [2.45, 2.75) is 20.3 Å². The molecule has 22 heavy (non-hydrogen) atoms. The number of methoxy groups -OCH3 is 2. The van der Waals surface area contributed by atoms with Gasteiger partial charge in [-0.2, -0.15) is 5.10 Å². The molecule has 0 saturated carbocycles. The maximum absolute atomic E-state index is 11.6. The highest BCUT2D eigenvalue weighted by molar-refractivity contribution is 5.91. The minimum Gasteiger partial charge on any atom is -0.497 e. The van der Waals surface area contributed by atoms with Crippen LogP contribution in [0.15, 0.2) is 24.3 Å². The second-order valence-corrected chi connectivity index (χ2v) is 5.37. The molecule has 0 aliphatic carbocycles. The van der Waals surface area contributed by atoms with E-state index in [-0.39, 0.29) is 0 Å². The van der Waals surface area contributed by atoms with Crippen molar-refractivity contribution in [2.75, 3.05) is 19.5 Å². The van der Waals surface area contributed by atoms with Gasteiger partial charge in [-0.05, 0) is 36.6 Å². The number of hydrogen-bond donors (Lipinski definition) is 2. The molecular weight excluding hydrogens is 282 g/mol. The van der Waals surface area contributed by atoms with Crippen LogP contribution in [0.1, 0.15) is 19.5 Å². The standard InChI is InChI=1S/C16H21N3O3/c1-10(2)9-13-15(17-16(20)22-4)14(19-18-13)11-5-7-12(21-3)8-6-11/h5-8,10H,9H2,1-4H3,(H,17,20)(H,18,19). The van der Waals surface area contributed by atoms with Crippen LogP contribution >= 0.6 is 0 Å². The molecule has 0 unspecified atom stereocenters. The van der Waals surface area contributed by atoms with E-state index in [4.69, 9.17) is 9.47 Å². The van der Waals surface area contributed by atoms with Gasteiger partial charge in [0.15, 0.2) is 0 Å². The molecule has 0 aliphatic heterocycles. The molecule has 0 fully saturated rings. The summed E-state index contributed by atoms with van der Waals surface area (Å²) < 4.78 is 9.86. The molecule has 1 amide bonds. The predicted molar refractivity (Wildman–Crippen MR) is 85.1 cm³/mol. The molecular formula is C16H21N3O3. The second-order valence-electron chi connectivity index (χ2n) is 5.37. The number of nitrogens with one attached hydrogen (secondary N) is 2. The first kappa shape index (κ1) is 15.9. The van der Waals surface area contributed by atoms with Crippen molar-refractivity contribution in [3.8, 4) is 17.0 Å². The first-order valence-corrected chi connectivity index (χ1v) is 7.11. The van der Waals surface area contributed by atoms with Crippen molar-refractivity contribution >= 4 is 11.8 Å². The van der Waals surface area contributed by atoms with E-state index in [2.05, 4.69) is 29.4 Å². The lowest BCUT2D eigenvalue weighted by Crippen LogP contribution is -2.13. The van der Waals surface area contributed by atoms with Crippen LogP contribution in [0.2, 0.25) is 0 Å². The average Bonchev–Trinajstić information content (AvgIpc) is 2.89. The minimum absolute atomic E-state index is 0.433. The molecule has 2 aromatic rings. The molecule has 0 saturated heterocycles. The van der Waals surface area contributed by atoms with E-state index in [0.717, 1.165) is 23.4 Å². The zero-order chi connectivity index (χ0) is 16.1. The smallest absolute Gasteiger partial charge is 0.411 e. The van der Waals surface area contributed by atoms with Gasteiger partial charge in [0.05, 0.1) is 25.6 Å². The number of rotatable bonds is 5. The molecule has 0 radical (unpaired) electrons. The third-order valence-electron chi connectivity index (χ3n) is 3.23. The number of hydrogen-bond acceptors (Lipinski definition) is 4. The van der Waals surface area contributed by atoms with Crippen LogP contribution in [-0.4, -0.2) is 30.5 Å². The summed E-state index contributed by atoms with van der Waals surface area (Å²) in [6, 6.07) is 7.51. The molecule has 2 rings (SSSR count). The van der Waals surface area contributed by atoms with Crippen molar-refractivity contribution in [1.82, 2.24) is 10.2 Å². The highest BCUT2D eigenvalue weighted by Gasteiger charge is 2.18. The van der Waals surface area contributed by atoms with Gasteiger partial charge in [0.25, 0.3) is 0 Å². The van der Waals surface area contributed by atoms with E-state index in [1.165, 1.54) is 7.11 Å². The number of benzene rings is 1. The summed E-state index contributed by atoms with van der Waals surface area (Å²) in [7, 11) is 2.96. The zero-order valence-corrected chi connectivity index (χ0v) is 13.3. The van der Waals surface area contributed by atoms with Crippen molar-refractivity contribution in [2.24, 2.45) is 5.92 Å². The van der Waals surface area contributed by atoms with Gasteiger partial charge < -0.3 is 9.47 Å². The van der Waals surface area contributed by atoms with Crippen molar-refractivity contribution in [3.63, 3.8) is 0 Å². The number of anilines is 1. The molecule has 1 aromatic heterocycles. The minimum atomic E-state index is -0.513. The highest BCUT2D eigenvalue weighted by Crippen LogP contribution is 2.31. The van der Waals surface area contributed by atoms with Crippen LogP contribution in [0.5, 0.6) is 5.75 Å². The lowest BCUT2D eigenvalue weighted by atomic mass is 10.0.